The molecule has 2 aromatic rings. The Bertz CT molecular complexity index is 652. The average Bonchev–Trinajstić information content (AvgIpc) is 2.96. The molecule has 0 saturated heterocycles. The fraction of sp³-hybridized carbons (Fsp3) is 0.333. The second kappa shape index (κ2) is 6.84. The van der Waals surface area contributed by atoms with Crippen LogP contribution in [0.5, 0.6) is 0 Å². The Morgan fingerprint density at radius 2 is 2.00 bits per heavy atom. The molecule has 1 amide bonds. The van der Waals surface area contributed by atoms with Gasteiger partial charge in [0.05, 0.1) is 0 Å². The predicted octanol–water partition coefficient (Wildman–Crippen LogP) is 1.97. The second-order valence-electron chi connectivity index (χ2n) is 5.31. The van der Waals surface area contributed by atoms with Crippen molar-refractivity contribution in [3.63, 3.8) is 0 Å². The minimum absolute atomic E-state index is 0.0434. The van der Waals surface area contributed by atoms with Crippen LogP contribution in [0.2, 0.25) is 0 Å². The van der Waals surface area contributed by atoms with Gasteiger partial charge in [-0.15, -0.1) is 0 Å². The van der Waals surface area contributed by atoms with Crippen molar-refractivity contribution in [2.24, 2.45) is 5.92 Å². The van der Waals surface area contributed by atoms with Gasteiger partial charge in [0.25, 0.3) is 5.91 Å². The summed E-state index contributed by atoms with van der Waals surface area (Å²) in [6.07, 6.45) is 3.54. The number of nitrogens with zero attached hydrogens (tertiary/aromatic N) is 2. The second-order valence-corrected chi connectivity index (χ2v) is 5.31. The molecule has 0 unspecified atom stereocenters. The van der Waals surface area contributed by atoms with Crippen molar-refractivity contribution in [3.05, 3.63) is 36.3 Å². The van der Waals surface area contributed by atoms with Crippen LogP contribution in [0.1, 0.15) is 30.8 Å². The van der Waals surface area contributed by atoms with E-state index in [1.54, 1.807) is 24.5 Å². The minimum Gasteiger partial charge on any atom is -0.480 e. The molecule has 0 aromatic carbocycles. The summed E-state index contributed by atoms with van der Waals surface area (Å²) in [5.74, 6) is -1.08. The van der Waals surface area contributed by atoms with Gasteiger partial charge < -0.3 is 14.9 Å². The van der Waals surface area contributed by atoms with E-state index in [0.717, 1.165) is 5.56 Å². The molecule has 7 nitrogen and oxygen atoms in total. The van der Waals surface area contributed by atoms with Crippen molar-refractivity contribution in [2.75, 3.05) is 0 Å². The van der Waals surface area contributed by atoms with Gasteiger partial charge >= 0.3 is 5.97 Å². The van der Waals surface area contributed by atoms with Gasteiger partial charge in [-0.2, -0.15) is 0 Å². The SMILES string of the molecule is CC(C)C[C@@H](NC(=O)c1cc(-c2ccncc2)on1)C(=O)O. The topological polar surface area (TPSA) is 105 Å². The molecule has 1 atom stereocenters. The lowest BCUT2D eigenvalue weighted by Crippen LogP contribution is -2.41. The number of hydrogen-bond acceptors (Lipinski definition) is 5. The number of carboxylic acids is 1. The number of aromatic nitrogens is 2. The van der Waals surface area contributed by atoms with Gasteiger partial charge in [0, 0.05) is 24.0 Å². The molecule has 7 heteroatoms. The maximum atomic E-state index is 12.1. The van der Waals surface area contributed by atoms with Crippen molar-refractivity contribution in [1.82, 2.24) is 15.5 Å². The normalized spacial score (nSPS) is 12.1. The fourth-order valence-electron chi connectivity index (χ4n) is 1.96. The lowest BCUT2D eigenvalue weighted by atomic mass is 10.0. The van der Waals surface area contributed by atoms with Crippen LogP contribution in [-0.2, 0) is 4.79 Å². The zero-order valence-electron chi connectivity index (χ0n) is 12.3. The molecular weight excluding hydrogens is 286 g/mol. The first-order valence-electron chi connectivity index (χ1n) is 6.88. The molecule has 2 aromatic heterocycles. The smallest absolute Gasteiger partial charge is 0.326 e. The van der Waals surface area contributed by atoms with E-state index in [2.05, 4.69) is 15.5 Å². The number of nitrogens with one attached hydrogen (secondary N) is 1. The Morgan fingerprint density at radius 3 is 2.59 bits per heavy atom. The van der Waals surface area contributed by atoms with E-state index >= 15 is 0 Å². The van der Waals surface area contributed by atoms with Crippen LogP contribution in [-0.4, -0.2) is 33.2 Å². The summed E-state index contributed by atoms with van der Waals surface area (Å²) in [5.41, 5.74) is 0.778. The van der Waals surface area contributed by atoms with Crippen molar-refractivity contribution < 1.29 is 19.2 Å². The van der Waals surface area contributed by atoms with Crippen molar-refractivity contribution in [2.45, 2.75) is 26.3 Å². The summed E-state index contributed by atoms with van der Waals surface area (Å²) in [4.78, 5) is 27.1. The van der Waals surface area contributed by atoms with Crippen LogP contribution in [0.15, 0.2) is 35.1 Å². The molecule has 0 fully saturated rings. The maximum Gasteiger partial charge on any atom is 0.326 e. The number of rotatable bonds is 6. The van der Waals surface area contributed by atoms with Crippen molar-refractivity contribution >= 4 is 11.9 Å². The Morgan fingerprint density at radius 1 is 1.32 bits per heavy atom. The Labute approximate surface area is 127 Å². The predicted molar refractivity (Wildman–Crippen MR) is 78.1 cm³/mol. The van der Waals surface area contributed by atoms with E-state index in [0.29, 0.717) is 12.2 Å². The number of pyridine rings is 1. The van der Waals surface area contributed by atoms with Crippen LogP contribution < -0.4 is 5.32 Å². The Hall–Kier alpha value is -2.70. The number of amides is 1. The molecular formula is C15H17N3O4. The highest BCUT2D eigenvalue weighted by molar-refractivity contribution is 5.95. The molecule has 0 spiro atoms. The van der Waals surface area contributed by atoms with Crippen molar-refractivity contribution in [3.8, 4) is 11.3 Å². The number of carboxylic acid groups (broad SMARTS) is 1. The third kappa shape index (κ3) is 3.91. The molecule has 22 heavy (non-hydrogen) atoms. The quantitative estimate of drug-likeness (QED) is 0.845. The zero-order valence-corrected chi connectivity index (χ0v) is 12.3. The maximum absolute atomic E-state index is 12.1. The third-order valence-corrected chi connectivity index (χ3v) is 3.02. The molecule has 2 rings (SSSR count). The number of carbonyl (C=O) groups is 2. The number of hydrogen-bond donors (Lipinski definition) is 2. The molecule has 116 valence electrons. The van der Waals surface area contributed by atoms with Gasteiger partial charge in [-0.3, -0.25) is 9.78 Å². The van der Waals surface area contributed by atoms with Gasteiger partial charge in [0.1, 0.15) is 6.04 Å². The molecule has 0 aliphatic rings. The van der Waals surface area contributed by atoms with Gasteiger partial charge in [0.15, 0.2) is 11.5 Å². The largest absolute Gasteiger partial charge is 0.480 e. The summed E-state index contributed by atoms with van der Waals surface area (Å²) >= 11 is 0. The molecule has 0 aliphatic heterocycles. The van der Waals surface area contributed by atoms with Gasteiger partial charge in [0.2, 0.25) is 0 Å². The van der Waals surface area contributed by atoms with Crippen LogP contribution in [0.3, 0.4) is 0 Å². The first-order chi connectivity index (χ1) is 10.5. The summed E-state index contributed by atoms with van der Waals surface area (Å²) < 4.78 is 5.11. The average molecular weight is 303 g/mol. The summed E-state index contributed by atoms with van der Waals surface area (Å²) in [7, 11) is 0. The van der Waals surface area contributed by atoms with E-state index < -0.39 is 17.9 Å². The van der Waals surface area contributed by atoms with Gasteiger partial charge in [-0.25, -0.2) is 4.79 Å². The molecule has 2 N–H and O–H groups in total. The zero-order chi connectivity index (χ0) is 16.1. The number of carbonyl (C=O) groups excluding carboxylic acids is 1. The van der Waals surface area contributed by atoms with Crippen LogP contribution in [0, 0.1) is 5.92 Å². The summed E-state index contributed by atoms with van der Waals surface area (Å²) in [5, 5.41) is 15.3. The van der Waals surface area contributed by atoms with E-state index in [9.17, 15) is 9.59 Å². The highest BCUT2D eigenvalue weighted by Gasteiger charge is 2.23. The fourth-order valence-corrected chi connectivity index (χ4v) is 1.96. The Kier molecular flexibility index (Phi) is 4.88. The monoisotopic (exact) mass is 303 g/mol. The molecule has 0 bridgehead atoms. The molecule has 0 aliphatic carbocycles. The van der Waals surface area contributed by atoms with Crippen LogP contribution in [0.25, 0.3) is 11.3 Å². The van der Waals surface area contributed by atoms with Crippen LogP contribution >= 0.6 is 0 Å². The van der Waals surface area contributed by atoms with E-state index in [4.69, 9.17) is 9.63 Å². The van der Waals surface area contributed by atoms with Gasteiger partial charge in [-0.05, 0) is 24.5 Å². The number of aliphatic carboxylic acids is 1. The van der Waals surface area contributed by atoms with E-state index in [1.165, 1.54) is 6.07 Å². The first kappa shape index (κ1) is 15.7. The van der Waals surface area contributed by atoms with Gasteiger partial charge in [-0.1, -0.05) is 19.0 Å². The third-order valence-electron chi connectivity index (χ3n) is 3.02. The lowest BCUT2D eigenvalue weighted by molar-refractivity contribution is -0.139. The molecule has 0 radical (unpaired) electrons. The van der Waals surface area contributed by atoms with Crippen LogP contribution in [0.4, 0.5) is 0 Å². The van der Waals surface area contributed by atoms with Crippen molar-refractivity contribution in [1.29, 1.82) is 0 Å². The minimum atomic E-state index is -1.07. The van der Waals surface area contributed by atoms with E-state index in [-0.39, 0.29) is 11.6 Å². The van der Waals surface area contributed by atoms with E-state index in [1.807, 2.05) is 13.8 Å². The molecule has 0 saturated carbocycles. The molecule has 2 heterocycles. The highest BCUT2D eigenvalue weighted by atomic mass is 16.5. The lowest BCUT2D eigenvalue weighted by Gasteiger charge is -2.15. The highest BCUT2D eigenvalue weighted by Crippen LogP contribution is 2.19. The summed E-state index contributed by atoms with van der Waals surface area (Å²) in [6, 6.07) is 3.97. The standard InChI is InChI=1S/C15H17N3O4/c1-9(2)7-12(15(20)21)17-14(19)11-8-13(22-18-11)10-3-5-16-6-4-10/h3-6,8-9,12H,7H2,1-2H3,(H,17,19)(H,20,21)/t12-/m1/s1. The Balaban J connectivity index is 2.10. The summed E-state index contributed by atoms with van der Waals surface area (Å²) in [6.45, 7) is 3.78. The first-order valence-corrected chi connectivity index (χ1v) is 6.88.